The third kappa shape index (κ3) is 7.69. The van der Waals surface area contributed by atoms with E-state index in [1.807, 2.05) is 48.1 Å². The van der Waals surface area contributed by atoms with Crippen LogP contribution in [0.2, 0.25) is 0 Å². The van der Waals surface area contributed by atoms with E-state index in [1.165, 1.54) is 0 Å². The van der Waals surface area contributed by atoms with Crippen molar-refractivity contribution < 1.29 is 4.74 Å². The molecule has 2 aliphatic rings. The van der Waals surface area contributed by atoms with Gasteiger partial charge >= 0.3 is 0 Å². The van der Waals surface area contributed by atoms with Gasteiger partial charge in [-0.2, -0.15) is 10.2 Å². The van der Waals surface area contributed by atoms with E-state index in [1.54, 1.807) is 7.11 Å². The van der Waals surface area contributed by atoms with E-state index in [2.05, 4.69) is 69.3 Å². The van der Waals surface area contributed by atoms with E-state index in [0.717, 1.165) is 122 Å². The number of nitrogens with zero attached hydrogens (tertiary/aromatic N) is 9. The quantitative estimate of drug-likeness (QED) is 0.205. The Balaban J connectivity index is 1.16. The van der Waals surface area contributed by atoms with Crippen LogP contribution in [0.15, 0.2) is 53.8 Å². The van der Waals surface area contributed by atoms with Gasteiger partial charge < -0.3 is 10.1 Å². The molecule has 1 fully saturated rings. The third-order valence-electron chi connectivity index (χ3n) is 9.32. The molecule has 1 aromatic carbocycles. The SMILES string of the molecule is CCC(C)/C=C(\C=NC)c1ccc(-c2c3c(nn2C)CCc2cnc(Nc4ccn(CCN5CCN(CCOC)CC5)n4)nc2-3)cc1. The fraction of sp³-hybridized carbons (Fsp3) is 0.472. The van der Waals surface area contributed by atoms with Crippen molar-refractivity contribution in [2.75, 3.05) is 65.3 Å². The molecule has 0 bridgehead atoms. The average Bonchev–Trinajstić information content (AvgIpc) is 3.69. The number of aromatic nitrogens is 6. The minimum atomic E-state index is 0.484. The van der Waals surface area contributed by atoms with Crippen molar-refractivity contribution in [3.8, 4) is 22.5 Å². The number of aliphatic imine (C=N–C) groups is 1. The maximum absolute atomic E-state index is 5.23. The Morgan fingerprint density at radius 3 is 2.51 bits per heavy atom. The molecule has 0 saturated carbocycles. The summed E-state index contributed by atoms with van der Waals surface area (Å²) in [6, 6.07) is 10.7. The molecule has 1 N–H and O–H groups in total. The van der Waals surface area contributed by atoms with Gasteiger partial charge in [-0.25, -0.2) is 9.97 Å². The lowest BCUT2D eigenvalue weighted by molar-refractivity contribution is 0.0948. The van der Waals surface area contributed by atoms with Gasteiger partial charge in [0.25, 0.3) is 0 Å². The highest BCUT2D eigenvalue weighted by molar-refractivity contribution is 6.09. The molecule has 11 heteroatoms. The van der Waals surface area contributed by atoms with E-state index in [4.69, 9.17) is 19.9 Å². The fourth-order valence-corrected chi connectivity index (χ4v) is 6.42. The Labute approximate surface area is 278 Å². The minimum absolute atomic E-state index is 0.484. The van der Waals surface area contributed by atoms with Crippen molar-refractivity contribution >= 4 is 23.6 Å². The predicted octanol–water partition coefficient (Wildman–Crippen LogP) is 4.98. The van der Waals surface area contributed by atoms with Crippen LogP contribution < -0.4 is 5.32 Å². The van der Waals surface area contributed by atoms with Crippen LogP contribution in [0.1, 0.15) is 37.1 Å². The molecular weight excluding hydrogens is 588 g/mol. The van der Waals surface area contributed by atoms with Crippen LogP contribution in [0.25, 0.3) is 28.1 Å². The minimum Gasteiger partial charge on any atom is -0.383 e. The molecule has 1 atom stereocenters. The number of ether oxygens (including phenoxy) is 1. The number of piperazine rings is 1. The number of methoxy groups -OCH3 is 1. The molecule has 1 unspecified atom stereocenters. The van der Waals surface area contributed by atoms with Gasteiger partial charge in [0.05, 0.1) is 30.2 Å². The number of rotatable bonds is 13. The van der Waals surface area contributed by atoms with Gasteiger partial charge in [-0.05, 0) is 35.5 Å². The zero-order valence-corrected chi connectivity index (χ0v) is 28.5. The summed E-state index contributed by atoms with van der Waals surface area (Å²) in [5.41, 5.74) is 8.72. The highest BCUT2D eigenvalue weighted by Crippen LogP contribution is 2.40. The lowest BCUT2D eigenvalue weighted by atomic mass is 9.91. The molecular formula is C36H48N10O. The Morgan fingerprint density at radius 2 is 1.79 bits per heavy atom. The Hall–Kier alpha value is -4.19. The number of fused-ring (bicyclic) bond motifs is 3. The van der Waals surface area contributed by atoms with Gasteiger partial charge in [-0.15, -0.1) is 0 Å². The maximum Gasteiger partial charge on any atom is 0.228 e. The maximum atomic E-state index is 5.23. The second-order valence-corrected chi connectivity index (χ2v) is 12.6. The van der Waals surface area contributed by atoms with Gasteiger partial charge in [0, 0.05) is 96.3 Å². The number of aryl methyl sites for hydroxylation is 3. The third-order valence-corrected chi connectivity index (χ3v) is 9.32. The van der Waals surface area contributed by atoms with Crippen molar-refractivity contribution in [2.45, 2.75) is 39.7 Å². The molecule has 47 heavy (non-hydrogen) atoms. The van der Waals surface area contributed by atoms with Crippen molar-refractivity contribution in [1.82, 2.24) is 39.3 Å². The molecule has 6 rings (SSSR count). The average molecular weight is 637 g/mol. The first kappa shape index (κ1) is 32.7. The van der Waals surface area contributed by atoms with Crippen LogP contribution in [-0.2, 0) is 31.2 Å². The molecule has 3 aromatic heterocycles. The van der Waals surface area contributed by atoms with Crippen LogP contribution in [-0.4, -0.2) is 106 Å². The van der Waals surface area contributed by atoms with Crippen LogP contribution in [0.5, 0.6) is 0 Å². The van der Waals surface area contributed by atoms with Gasteiger partial charge in [-0.1, -0.05) is 50.6 Å². The molecule has 0 spiro atoms. The van der Waals surface area contributed by atoms with Crippen LogP contribution in [0.4, 0.5) is 11.8 Å². The first-order chi connectivity index (χ1) is 22.9. The number of benzene rings is 1. The Kier molecular flexibility index (Phi) is 10.5. The summed E-state index contributed by atoms with van der Waals surface area (Å²) in [6.45, 7) is 12.4. The molecule has 1 aliphatic carbocycles. The predicted molar refractivity (Wildman–Crippen MR) is 189 cm³/mol. The van der Waals surface area contributed by atoms with E-state index in [-0.39, 0.29) is 0 Å². The van der Waals surface area contributed by atoms with Crippen LogP contribution in [0, 0.1) is 5.92 Å². The van der Waals surface area contributed by atoms with E-state index < -0.39 is 0 Å². The fourth-order valence-electron chi connectivity index (χ4n) is 6.42. The summed E-state index contributed by atoms with van der Waals surface area (Å²) in [7, 11) is 5.61. The molecule has 4 aromatic rings. The number of nitrogens with one attached hydrogen (secondary N) is 1. The summed E-state index contributed by atoms with van der Waals surface area (Å²) >= 11 is 0. The molecule has 0 radical (unpaired) electrons. The van der Waals surface area contributed by atoms with Gasteiger partial charge in [0.1, 0.15) is 0 Å². The zero-order chi connectivity index (χ0) is 32.8. The highest BCUT2D eigenvalue weighted by Gasteiger charge is 2.27. The summed E-state index contributed by atoms with van der Waals surface area (Å²) in [5.74, 6) is 1.76. The number of allylic oxidation sites excluding steroid dienone is 2. The van der Waals surface area contributed by atoms with Gasteiger partial charge in [-0.3, -0.25) is 24.2 Å². The van der Waals surface area contributed by atoms with Crippen molar-refractivity contribution in [2.24, 2.45) is 18.0 Å². The van der Waals surface area contributed by atoms with Gasteiger partial charge in [0.15, 0.2) is 5.82 Å². The van der Waals surface area contributed by atoms with Gasteiger partial charge in [0.2, 0.25) is 5.95 Å². The molecule has 1 saturated heterocycles. The standard InChI is InChI=1S/C36H48N10O/c1-6-26(2)23-30(24-37-3)27-7-9-28(10-8-27)35-33-31(41-43(35)4)12-11-29-25-38-36(40-34(29)33)39-32-13-14-46(42-32)20-19-44-15-17-45(18-16-44)21-22-47-5/h7-10,13-14,23-26H,6,11-12,15-22H2,1-5H3,(H,38,39,40,42)/b30-23+,37-24?. The number of anilines is 2. The summed E-state index contributed by atoms with van der Waals surface area (Å²) < 4.78 is 9.22. The molecule has 11 nitrogen and oxygen atoms in total. The Bertz CT molecular complexity index is 1700. The zero-order valence-electron chi connectivity index (χ0n) is 28.5. The normalized spacial score (nSPS) is 16.4. The first-order valence-electron chi connectivity index (χ1n) is 16.9. The lowest BCUT2D eigenvalue weighted by Crippen LogP contribution is -2.47. The topological polar surface area (TPSA) is 102 Å². The van der Waals surface area contributed by atoms with Crippen LogP contribution in [0.3, 0.4) is 0 Å². The molecule has 1 aliphatic heterocycles. The molecule has 248 valence electrons. The second-order valence-electron chi connectivity index (χ2n) is 12.6. The first-order valence-corrected chi connectivity index (χ1v) is 16.9. The van der Waals surface area contributed by atoms with E-state index in [0.29, 0.717) is 11.9 Å². The Morgan fingerprint density at radius 1 is 1.02 bits per heavy atom. The molecule has 0 amide bonds. The largest absolute Gasteiger partial charge is 0.383 e. The highest BCUT2D eigenvalue weighted by atomic mass is 16.5. The monoisotopic (exact) mass is 636 g/mol. The second kappa shape index (κ2) is 15.1. The number of hydrogen-bond acceptors (Lipinski definition) is 9. The van der Waals surface area contributed by atoms with Crippen molar-refractivity contribution in [3.05, 3.63) is 65.6 Å². The summed E-state index contributed by atoms with van der Waals surface area (Å²) in [5, 5.41) is 13.1. The van der Waals surface area contributed by atoms with Crippen molar-refractivity contribution in [1.29, 1.82) is 0 Å². The lowest BCUT2D eigenvalue weighted by Gasteiger charge is -2.34. The smallest absolute Gasteiger partial charge is 0.228 e. The number of hydrogen-bond donors (Lipinski definition) is 1. The van der Waals surface area contributed by atoms with Crippen molar-refractivity contribution in [3.63, 3.8) is 0 Å². The van der Waals surface area contributed by atoms with Crippen LogP contribution >= 0.6 is 0 Å². The molecule has 4 heterocycles. The summed E-state index contributed by atoms with van der Waals surface area (Å²) in [6.07, 6.45) is 11.0. The van der Waals surface area contributed by atoms with E-state index >= 15 is 0 Å². The van der Waals surface area contributed by atoms with E-state index in [9.17, 15) is 0 Å². The summed E-state index contributed by atoms with van der Waals surface area (Å²) in [4.78, 5) is 19.0.